The summed E-state index contributed by atoms with van der Waals surface area (Å²) >= 11 is 0. The van der Waals surface area contributed by atoms with Crippen LogP contribution in [0.25, 0.3) is 0 Å². The molecule has 1 heterocycles. The van der Waals surface area contributed by atoms with Crippen LogP contribution < -0.4 is 16.0 Å². The average molecular weight is 457 g/mol. The molecule has 0 aliphatic heterocycles. The van der Waals surface area contributed by atoms with Crippen molar-refractivity contribution in [3.63, 3.8) is 0 Å². The minimum absolute atomic E-state index is 0. The molecule has 8 heteroatoms. The van der Waals surface area contributed by atoms with Gasteiger partial charge in [-0.25, -0.2) is 4.39 Å². The van der Waals surface area contributed by atoms with E-state index < -0.39 is 0 Å². The number of rotatable bonds is 6. The summed E-state index contributed by atoms with van der Waals surface area (Å²) in [6.07, 6.45) is 3.14. The minimum atomic E-state index is -0.259. The van der Waals surface area contributed by atoms with Crippen LogP contribution in [0.1, 0.15) is 15.9 Å². The van der Waals surface area contributed by atoms with Crippen molar-refractivity contribution in [1.29, 1.82) is 0 Å². The van der Waals surface area contributed by atoms with Crippen molar-refractivity contribution < 1.29 is 9.18 Å². The summed E-state index contributed by atoms with van der Waals surface area (Å²) in [5.41, 5.74) is 1.47. The van der Waals surface area contributed by atoms with Crippen molar-refractivity contribution in [2.24, 2.45) is 4.99 Å². The summed E-state index contributed by atoms with van der Waals surface area (Å²) in [5.74, 6) is 0.180. The van der Waals surface area contributed by atoms with Crippen molar-refractivity contribution in [3.8, 4) is 0 Å². The molecule has 0 bridgehead atoms. The number of nitrogens with one attached hydrogen (secondary N) is 3. The van der Waals surface area contributed by atoms with Gasteiger partial charge in [-0.05, 0) is 29.8 Å². The normalized spacial score (nSPS) is 10.6. The average Bonchev–Trinajstić information content (AvgIpc) is 2.63. The summed E-state index contributed by atoms with van der Waals surface area (Å²) in [4.78, 5) is 19.8. The quantitative estimate of drug-likeness (QED) is 0.268. The number of hydrogen-bond acceptors (Lipinski definition) is 3. The molecule has 0 aliphatic carbocycles. The zero-order valence-electron chi connectivity index (χ0n) is 13.8. The van der Waals surface area contributed by atoms with E-state index in [1.807, 2.05) is 0 Å². The first-order chi connectivity index (χ1) is 11.7. The molecule has 0 saturated carbocycles. The number of pyridine rings is 1. The molecule has 2 aromatic rings. The predicted octanol–water partition coefficient (Wildman–Crippen LogP) is 1.93. The molecule has 0 unspecified atom stereocenters. The number of halogens is 2. The molecule has 6 nitrogen and oxygen atoms in total. The molecule has 0 aliphatic rings. The highest BCUT2D eigenvalue weighted by Crippen LogP contribution is 2.01. The second kappa shape index (κ2) is 11.3. The Morgan fingerprint density at radius 2 is 1.84 bits per heavy atom. The Morgan fingerprint density at radius 1 is 1.12 bits per heavy atom. The van der Waals surface area contributed by atoms with E-state index in [9.17, 15) is 9.18 Å². The number of amides is 1. The van der Waals surface area contributed by atoms with Gasteiger partial charge in [-0.2, -0.15) is 0 Å². The minimum Gasteiger partial charge on any atom is -0.355 e. The molecule has 0 saturated heterocycles. The number of carbonyl (C=O) groups excluding carboxylic acids is 1. The van der Waals surface area contributed by atoms with Crippen LogP contribution in [-0.2, 0) is 6.54 Å². The van der Waals surface area contributed by atoms with Crippen LogP contribution in [0, 0.1) is 5.82 Å². The molecule has 1 aromatic carbocycles. The van der Waals surface area contributed by atoms with E-state index in [2.05, 4.69) is 25.9 Å². The molecule has 134 valence electrons. The lowest BCUT2D eigenvalue weighted by Gasteiger charge is -2.12. The van der Waals surface area contributed by atoms with Crippen LogP contribution in [0.3, 0.4) is 0 Å². The van der Waals surface area contributed by atoms with E-state index in [4.69, 9.17) is 0 Å². The molecule has 2 rings (SSSR count). The fourth-order valence-corrected chi connectivity index (χ4v) is 1.96. The number of carbonyl (C=O) groups is 1. The zero-order chi connectivity index (χ0) is 17.2. The number of nitrogens with zero attached hydrogens (tertiary/aromatic N) is 2. The summed E-state index contributed by atoms with van der Waals surface area (Å²) in [7, 11) is 1.66. The SMILES string of the molecule is CN=C(NCCNC(=O)c1cccnc1)NCc1ccc(F)cc1.I. The van der Waals surface area contributed by atoms with Crippen LogP contribution in [0.2, 0.25) is 0 Å². The van der Waals surface area contributed by atoms with E-state index in [0.717, 1.165) is 5.56 Å². The van der Waals surface area contributed by atoms with E-state index in [1.165, 1.54) is 18.3 Å². The maximum absolute atomic E-state index is 12.9. The molecule has 3 N–H and O–H groups in total. The van der Waals surface area contributed by atoms with Gasteiger partial charge in [0.2, 0.25) is 0 Å². The number of guanidine groups is 1. The van der Waals surface area contributed by atoms with Gasteiger partial charge in [0.15, 0.2) is 5.96 Å². The highest BCUT2D eigenvalue weighted by Gasteiger charge is 2.04. The maximum atomic E-state index is 12.9. The van der Waals surface area contributed by atoms with Crippen LogP contribution >= 0.6 is 24.0 Å². The Hall–Kier alpha value is -2.23. The van der Waals surface area contributed by atoms with Crippen molar-refractivity contribution in [2.75, 3.05) is 20.1 Å². The van der Waals surface area contributed by atoms with Crippen LogP contribution in [-0.4, -0.2) is 37.0 Å². The Balaban J connectivity index is 0.00000312. The van der Waals surface area contributed by atoms with E-state index in [-0.39, 0.29) is 35.7 Å². The third-order valence-corrected chi connectivity index (χ3v) is 3.22. The van der Waals surface area contributed by atoms with Crippen LogP contribution in [0.15, 0.2) is 53.8 Å². The van der Waals surface area contributed by atoms with Gasteiger partial charge in [-0.1, -0.05) is 12.1 Å². The molecule has 0 atom stereocenters. The van der Waals surface area contributed by atoms with Crippen molar-refractivity contribution >= 4 is 35.8 Å². The Bertz CT molecular complexity index is 679. The van der Waals surface area contributed by atoms with Gasteiger partial charge >= 0.3 is 0 Å². The first kappa shape index (κ1) is 20.8. The summed E-state index contributed by atoms with van der Waals surface area (Å²) in [5, 5.41) is 9.00. The number of hydrogen-bond donors (Lipinski definition) is 3. The second-order valence-electron chi connectivity index (χ2n) is 4.98. The molecule has 1 aromatic heterocycles. The predicted molar refractivity (Wildman–Crippen MR) is 107 cm³/mol. The highest BCUT2D eigenvalue weighted by atomic mass is 127. The fourth-order valence-electron chi connectivity index (χ4n) is 1.96. The third kappa shape index (κ3) is 7.46. The van der Waals surface area contributed by atoms with Crippen molar-refractivity contribution in [2.45, 2.75) is 6.54 Å². The number of aromatic nitrogens is 1. The molecule has 0 fully saturated rings. The van der Waals surface area contributed by atoms with Crippen LogP contribution in [0.5, 0.6) is 0 Å². The maximum Gasteiger partial charge on any atom is 0.252 e. The summed E-state index contributed by atoms with van der Waals surface area (Å²) in [6, 6.07) is 9.68. The zero-order valence-corrected chi connectivity index (χ0v) is 16.2. The van der Waals surface area contributed by atoms with E-state index >= 15 is 0 Å². The molecule has 25 heavy (non-hydrogen) atoms. The van der Waals surface area contributed by atoms with Gasteiger partial charge in [0.25, 0.3) is 5.91 Å². The fraction of sp³-hybridized carbons (Fsp3) is 0.235. The van der Waals surface area contributed by atoms with Crippen LogP contribution in [0.4, 0.5) is 4.39 Å². The molecular weight excluding hydrogens is 436 g/mol. The van der Waals surface area contributed by atoms with Gasteiger partial charge in [0.05, 0.1) is 5.56 Å². The van der Waals surface area contributed by atoms with Crippen molar-refractivity contribution in [1.82, 2.24) is 20.9 Å². The van der Waals surface area contributed by atoms with Gasteiger partial charge in [0.1, 0.15) is 5.82 Å². The number of benzene rings is 1. The topological polar surface area (TPSA) is 78.4 Å². The molecule has 1 amide bonds. The van der Waals surface area contributed by atoms with E-state index in [0.29, 0.717) is 31.2 Å². The highest BCUT2D eigenvalue weighted by molar-refractivity contribution is 14.0. The molecule has 0 spiro atoms. The Labute approximate surface area is 163 Å². The lowest BCUT2D eigenvalue weighted by molar-refractivity contribution is 0.0954. The van der Waals surface area contributed by atoms with E-state index in [1.54, 1.807) is 37.5 Å². The Kier molecular flexibility index (Phi) is 9.45. The standard InChI is InChI=1S/C17H20FN5O.HI/c1-19-17(23-11-13-4-6-15(18)7-5-13)22-10-9-21-16(24)14-3-2-8-20-12-14;/h2-8,12H,9-11H2,1H3,(H,21,24)(H2,19,22,23);1H. The largest absolute Gasteiger partial charge is 0.355 e. The molecular formula is C17H21FIN5O. The lowest BCUT2D eigenvalue weighted by Crippen LogP contribution is -2.41. The molecule has 0 radical (unpaired) electrons. The number of aliphatic imine (C=N–C) groups is 1. The Morgan fingerprint density at radius 3 is 2.48 bits per heavy atom. The van der Waals surface area contributed by atoms with Gasteiger partial charge in [-0.3, -0.25) is 14.8 Å². The lowest BCUT2D eigenvalue weighted by atomic mass is 10.2. The summed E-state index contributed by atoms with van der Waals surface area (Å²) in [6.45, 7) is 1.50. The smallest absolute Gasteiger partial charge is 0.252 e. The van der Waals surface area contributed by atoms with Crippen molar-refractivity contribution in [3.05, 3.63) is 65.7 Å². The first-order valence-corrected chi connectivity index (χ1v) is 7.56. The first-order valence-electron chi connectivity index (χ1n) is 7.56. The van der Waals surface area contributed by atoms with Gasteiger partial charge in [-0.15, -0.1) is 24.0 Å². The van der Waals surface area contributed by atoms with Gasteiger partial charge < -0.3 is 16.0 Å². The third-order valence-electron chi connectivity index (χ3n) is 3.22. The second-order valence-corrected chi connectivity index (χ2v) is 4.98. The summed E-state index contributed by atoms with van der Waals surface area (Å²) < 4.78 is 12.9. The monoisotopic (exact) mass is 457 g/mol. The van der Waals surface area contributed by atoms with Gasteiger partial charge in [0, 0.05) is 39.1 Å².